The topological polar surface area (TPSA) is 46.5 Å². The molecule has 0 atom stereocenters. The number of aliphatic carboxylic acids is 1. The Morgan fingerprint density at radius 2 is 2.20 bits per heavy atom. The van der Waals surface area contributed by atoms with Gasteiger partial charge in [0.25, 0.3) is 0 Å². The normalized spacial score (nSPS) is 10.0. The predicted molar refractivity (Wildman–Crippen MR) is 58.3 cm³/mol. The Labute approximate surface area is 89.7 Å². The van der Waals surface area contributed by atoms with Crippen LogP contribution in [0.3, 0.4) is 0 Å². The van der Waals surface area contributed by atoms with E-state index in [4.69, 9.17) is 9.84 Å². The number of ether oxygens (including phenoxy) is 1. The van der Waals surface area contributed by atoms with Crippen molar-refractivity contribution in [3.8, 4) is 5.75 Å². The van der Waals surface area contributed by atoms with E-state index in [9.17, 15) is 4.79 Å². The summed E-state index contributed by atoms with van der Waals surface area (Å²) in [7, 11) is 0. The van der Waals surface area contributed by atoms with Crippen LogP contribution in [-0.4, -0.2) is 17.7 Å². The highest BCUT2D eigenvalue weighted by Crippen LogP contribution is 2.20. The molecule has 0 heterocycles. The fourth-order valence-electron chi connectivity index (χ4n) is 1.36. The van der Waals surface area contributed by atoms with Crippen LogP contribution in [0.25, 0.3) is 0 Å². The molecule has 0 unspecified atom stereocenters. The highest BCUT2D eigenvalue weighted by atomic mass is 16.5. The summed E-state index contributed by atoms with van der Waals surface area (Å²) < 4.78 is 5.44. The third kappa shape index (κ3) is 3.62. The van der Waals surface area contributed by atoms with Crippen molar-refractivity contribution in [1.82, 2.24) is 0 Å². The third-order valence-electron chi connectivity index (χ3n) is 2.18. The van der Waals surface area contributed by atoms with Gasteiger partial charge in [-0.15, -0.1) is 0 Å². The Morgan fingerprint density at radius 3 is 2.80 bits per heavy atom. The lowest BCUT2D eigenvalue weighted by molar-refractivity contribution is -0.136. The number of hydrogen-bond acceptors (Lipinski definition) is 2. The molecule has 0 aliphatic rings. The van der Waals surface area contributed by atoms with Gasteiger partial charge in [-0.05, 0) is 37.5 Å². The van der Waals surface area contributed by atoms with Crippen LogP contribution in [0, 0.1) is 6.92 Å². The summed E-state index contributed by atoms with van der Waals surface area (Å²) >= 11 is 0. The summed E-state index contributed by atoms with van der Waals surface area (Å²) in [6.07, 6.45) is 0.713. The van der Waals surface area contributed by atoms with Gasteiger partial charge >= 0.3 is 5.97 Å². The highest BCUT2D eigenvalue weighted by molar-refractivity contribution is 5.67. The van der Waals surface area contributed by atoms with Gasteiger partial charge in [-0.1, -0.05) is 12.1 Å². The van der Waals surface area contributed by atoms with E-state index < -0.39 is 5.97 Å². The first-order valence-corrected chi connectivity index (χ1v) is 5.07. The lowest BCUT2D eigenvalue weighted by Gasteiger charge is -2.08. The van der Waals surface area contributed by atoms with Crippen LogP contribution in [0.2, 0.25) is 0 Å². The average Bonchev–Trinajstić information content (AvgIpc) is 2.19. The second kappa shape index (κ2) is 5.39. The average molecular weight is 208 g/mol. The predicted octanol–water partition coefficient (Wildman–Crippen LogP) is 2.41. The molecule has 0 spiro atoms. The number of carbonyl (C=O) groups is 1. The van der Waals surface area contributed by atoms with Gasteiger partial charge in [0.05, 0.1) is 6.61 Å². The second-order valence-corrected chi connectivity index (χ2v) is 3.43. The maximum absolute atomic E-state index is 10.4. The molecule has 0 saturated heterocycles. The first kappa shape index (κ1) is 11.6. The third-order valence-corrected chi connectivity index (χ3v) is 2.18. The fourth-order valence-corrected chi connectivity index (χ4v) is 1.36. The Kier molecular flexibility index (Phi) is 4.16. The Bertz CT molecular complexity index is 345. The zero-order valence-electron chi connectivity index (χ0n) is 9.12. The molecule has 1 N–H and O–H groups in total. The van der Waals surface area contributed by atoms with Gasteiger partial charge in [0.1, 0.15) is 5.75 Å². The summed E-state index contributed by atoms with van der Waals surface area (Å²) in [4.78, 5) is 10.4. The summed E-state index contributed by atoms with van der Waals surface area (Å²) in [6, 6.07) is 5.82. The maximum atomic E-state index is 10.4. The first-order chi connectivity index (χ1) is 7.13. The van der Waals surface area contributed by atoms with Gasteiger partial charge in [-0.25, -0.2) is 0 Å². The van der Waals surface area contributed by atoms with E-state index in [2.05, 4.69) is 0 Å². The number of carboxylic acids is 1. The molecule has 0 aliphatic heterocycles. The molecular weight excluding hydrogens is 192 g/mol. The quantitative estimate of drug-likeness (QED) is 0.808. The fraction of sp³-hybridized carbons (Fsp3) is 0.417. The van der Waals surface area contributed by atoms with Gasteiger partial charge in [0.15, 0.2) is 0 Å². The van der Waals surface area contributed by atoms with Crippen molar-refractivity contribution in [3.05, 3.63) is 29.3 Å². The van der Waals surface area contributed by atoms with E-state index in [1.807, 2.05) is 32.0 Å². The molecule has 1 aromatic rings. The second-order valence-electron chi connectivity index (χ2n) is 3.43. The van der Waals surface area contributed by atoms with Crippen molar-refractivity contribution in [2.75, 3.05) is 6.61 Å². The highest BCUT2D eigenvalue weighted by Gasteiger charge is 2.03. The molecule has 0 radical (unpaired) electrons. The minimum atomic E-state index is -0.770. The van der Waals surface area contributed by atoms with Crippen LogP contribution < -0.4 is 4.74 Å². The number of carboxylic acid groups (broad SMARTS) is 1. The number of aryl methyl sites for hydroxylation is 2. The van der Waals surface area contributed by atoms with Crippen molar-refractivity contribution in [2.24, 2.45) is 0 Å². The van der Waals surface area contributed by atoms with E-state index in [0.717, 1.165) is 16.9 Å². The standard InChI is InChI=1S/C12H16O3/c1-3-15-11-8-10(5-4-9(11)2)6-7-12(13)14/h4-5,8H,3,6-7H2,1-2H3,(H,13,14). The van der Waals surface area contributed by atoms with Gasteiger partial charge < -0.3 is 9.84 Å². The summed E-state index contributed by atoms with van der Waals surface area (Å²) in [6.45, 7) is 4.54. The van der Waals surface area contributed by atoms with Crippen molar-refractivity contribution in [1.29, 1.82) is 0 Å². The van der Waals surface area contributed by atoms with Crippen molar-refractivity contribution < 1.29 is 14.6 Å². The molecule has 0 aliphatic carbocycles. The molecule has 1 aromatic carbocycles. The van der Waals surface area contributed by atoms with Crippen molar-refractivity contribution >= 4 is 5.97 Å². The Hall–Kier alpha value is -1.51. The molecule has 0 fully saturated rings. The van der Waals surface area contributed by atoms with E-state index in [1.54, 1.807) is 0 Å². The van der Waals surface area contributed by atoms with Crippen LogP contribution in [0.4, 0.5) is 0 Å². The molecular formula is C12H16O3. The van der Waals surface area contributed by atoms with Gasteiger partial charge in [0.2, 0.25) is 0 Å². The van der Waals surface area contributed by atoms with Crippen LogP contribution in [0.5, 0.6) is 5.75 Å². The molecule has 0 amide bonds. The van der Waals surface area contributed by atoms with Gasteiger partial charge in [-0.2, -0.15) is 0 Å². The molecule has 1 rings (SSSR count). The van der Waals surface area contributed by atoms with E-state index in [1.165, 1.54) is 0 Å². The number of rotatable bonds is 5. The lowest BCUT2D eigenvalue weighted by Crippen LogP contribution is -1.99. The van der Waals surface area contributed by atoms with Crippen molar-refractivity contribution in [2.45, 2.75) is 26.7 Å². The minimum Gasteiger partial charge on any atom is -0.494 e. The van der Waals surface area contributed by atoms with E-state index in [-0.39, 0.29) is 6.42 Å². The molecule has 0 aromatic heterocycles. The zero-order chi connectivity index (χ0) is 11.3. The van der Waals surface area contributed by atoms with Gasteiger partial charge in [0, 0.05) is 6.42 Å². The Morgan fingerprint density at radius 1 is 1.47 bits per heavy atom. The van der Waals surface area contributed by atoms with E-state index in [0.29, 0.717) is 13.0 Å². The first-order valence-electron chi connectivity index (χ1n) is 5.07. The van der Waals surface area contributed by atoms with Crippen molar-refractivity contribution in [3.63, 3.8) is 0 Å². The molecule has 82 valence electrons. The van der Waals surface area contributed by atoms with E-state index >= 15 is 0 Å². The largest absolute Gasteiger partial charge is 0.494 e. The summed E-state index contributed by atoms with van der Waals surface area (Å²) in [5.41, 5.74) is 2.09. The van der Waals surface area contributed by atoms with Crippen LogP contribution in [0.1, 0.15) is 24.5 Å². The Balaban J connectivity index is 2.73. The summed E-state index contributed by atoms with van der Waals surface area (Å²) in [5, 5.41) is 8.57. The van der Waals surface area contributed by atoms with Gasteiger partial charge in [-0.3, -0.25) is 4.79 Å². The number of hydrogen-bond donors (Lipinski definition) is 1. The van der Waals surface area contributed by atoms with Crippen LogP contribution in [0.15, 0.2) is 18.2 Å². The minimum absolute atomic E-state index is 0.161. The maximum Gasteiger partial charge on any atom is 0.303 e. The molecule has 3 nitrogen and oxygen atoms in total. The molecule has 0 bridgehead atoms. The monoisotopic (exact) mass is 208 g/mol. The van der Waals surface area contributed by atoms with Crippen LogP contribution in [-0.2, 0) is 11.2 Å². The lowest BCUT2D eigenvalue weighted by atomic mass is 10.1. The molecule has 3 heteroatoms. The van der Waals surface area contributed by atoms with Crippen LogP contribution >= 0.6 is 0 Å². The zero-order valence-corrected chi connectivity index (χ0v) is 9.12. The smallest absolute Gasteiger partial charge is 0.303 e. The summed E-state index contributed by atoms with van der Waals surface area (Å²) in [5.74, 6) is 0.0777. The SMILES string of the molecule is CCOc1cc(CCC(=O)O)ccc1C. The number of benzene rings is 1. The molecule has 0 saturated carbocycles. The molecule has 15 heavy (non-hydrogen) atoms.